The number of sulfonamides is 1. The fourth-order valence-corrected chi connectivity index (χ4v) is 4.91. The molecule has 0 amide bonds. The van der Waals surface area contributed by atoms with Crippen LogP contribution < -0.4 is 10.0 Å². The molecular formula is C19H22ClFN6O2S. The highest BCUT2D eigenvalue weighted by Crippen LogP contribution is 2.29. The van der Waals surface area contributed by atoms with E-state index in [0.29, 0.717) is 28.6 Å². The molecule has 1 aliphatic carbocycles. The lowest BCUT2D eigenvalue weighted by Gasteiger charge is -2.31. The van der Waals surface area contributed by atoms with Crippen LogP contribution in [-0.4, -0.2) is 47.2 Å². The number of nitrogens with zero attached hydrogens (tertiary/aromatic N) is 3. The van der Waals surface area contributed by atoms with Crippen molar-refractivity contribution in [2.24, 2.45) is 5.92 Å². The van der Waals surface area contributed by atoms with Crippen molar-refractivity contribution in [2.45, 2.75) is 31.7 Å². The number of halogens is 2. The highest BCUT2D eigenvalue weighted by atomic mass is 35.5. The van der Waals surface area contributed by atoms with E-state index in [1.54, 1.807) is 12.3 Å². The predicted molar refractivity (Wildman–Crippen MR) is 114 cm³/mol. The van der Waals surface area contributed by atoms with Gasteiger partial charge >= 0.3 is 0 Å². The van der Waals surface area contributed by atoms with Gasteiger partial charge in [0.25, 0.3) is 0 Å². The molecule has 3 N–H and O–H groups in total. The Balaban J connectivity index is 1.55. The smallest absolute Gasteiger partial charge is 0.208 e. The van der Waals surface area contributed by atoms with Crippen LogP contribution >= 0.6 is 11.6 Å². The van der Waals surface area contributed by atoms with Crippen molar-refractivity contribution >= 4 is 38.5 Å². The van der Waals surface area contributed by atoms with E-state index >= 15 is 0 Å². The minimum absolute atomic E-state index is 0.0439. The molecule has 0 radical (unpaired) electrons. The Morgan fingerprint density at radius 2 is 2.07 bits per heavy atom. The maximum Gasteiger partial charge on any atom is 0.208 e. The molecule has 0 bridgehead atoms. The van der Waals surface area contributed by atoms with Crippen molar-refractivity contribution in [3.8, 4) is 11.4 Å². The van der Waals surface area contributed by atoms with Gasteiger partial charge in [-0.15, -0.1) is 0 Å². The highest BCUT2D eigenvalue weighted by Gasteiger charge is 2.27. The van der Waals surface area contributed by atoms with Gasteiger partial charge in [0, 0.05) is 35.9 Å². The summed E-state index contributed by atoms with van der Waals surface area (Å²) in [6.07, 6.45) is 9.11. The summed E-state index contributed by atoms with van der Waals surface area (Å²) in [6.45, 7) is 0.405. The number of aromatic amines is 1. The van der Waals surface area contributed by atoms with Gasteiger partial charge < -0.3 is 10.3 Å². The lowest BCUT2D eigenvalue weighted by Crippen LogP contribution is -2.44. The normalized spacial score (nSPS) is 19.8. The van der Waals surface area contributed by atoms with Crippen LogP contribution in [0.25, 0.3) is 22.4 Å². The van der Waals surface area contributed by atoms with Crippen LogP contribution in [0.4, 0.5) is 10.2 Å². The molecule has 1 saturated carbocycles. The number of hydrogen-bond donors (Lipinski definition) is 3. The van der Waals surface area contributed by atoms with Crippen molar-refractivity contribution in [3.05, 3.63) is 35.5 Å². The number of rotatable bonds is 6. The second-order valence-corrected chi connectivity index (χ2v) is 9.78. The van der Waals surface area contributed by atoms with Gasteiger partial charge in [0.2, 0.25) is 10.0 Å². The SMILES string of the molecule is CS(=O)(=O)NC1CCCCC1CNc1nc(-c2c[nH]c3ncc(Cl)cc23)ncc1F. The molecule has 3 aromatic rings. The van der Waals surface area contributed by atoms with Crippen molar-refractivity contribution < 1.29 is 12.8 Å². The molecule has 3 heterocycles. The average molecular weight is 453 g/mol. The minimum atomic E-state index is -3.31. The molecule has 8 nitrogen and oxygen atoms in total. The molecule has 160 valence electrons. The number of aromatic nitrogens is 4. The number of nitrogens with one attached hydrogen (secondary N) is 3. The molecular weight excluding hydrogens is 431 g/mol. The van der Waals surface area contributed by atoms with E-state index in [1.807, 2.05) is 0 Å². The number of anilines is 1. The van der Waals surface area contributed by atoms with Crippen LogP contribution in [0.5, 0.6) is 0 Å². The van der Waals surface area contributed by atoms with Crippen LogP contribution in [0.15, 0.2) is 24.7 Å². The van der Waals surface area contributed by atoms with Gasteiger partial charge in [-0.05, 0) is 24.8 Å². The third kappa shape index (κ3) is 4.71. The Bertz CT molecular complexity index is 1170. The molecule has 0 saturated heterocycles. The quantitative estimate of drug-likeness (QED) is 0.528. The van der Waals surface area contributed by atoms with E-state index in [4.69, 9.17) is 11.6 Å². The molecule has 0 aromatic carbocycles. The fraction of sp³-hybridized carbons (Fsp3) is 0.421. The van der Waals surface area contributed by atoms with E-state index in [1.165, 1.54) is 6.20 Å². The molecule has 11 heteroatoms. The standard InChI is InChI=1S/C19H22ClFN6O2S/c1-30(28,29)27-16-5-3-2-4-11(16)7-22-19-15(21)10-25-18(26-19)14-9-24-17-13(14)6-12(20)8-23-17/h6,8-11,16,27H,2-5,7H2,1H3,(H,23,24)(H,22,25,26). The molecule has 2 atom stereocenters. The summed E-state index contributed by atoms with van der Waals surface area (Å²) >= 11 is 6.05. The molecule has 0 aliphatic heterocycles. The number of hydrogen-bond acceptors (Lipinski definition) is 6. The molecule has 3 aromatic heterocycles. The second-order valence-electron chi connectivity index (χ2n) is 7.56. The zero-order valence-corrected chi connectivity index (χ0v) is 17.9. The molecule has 1 aliphatic rings. The van der Waals surface area contributed by atoms with Crippen molar-refractivity contribution in [1.29, 1.82) is 0 Å². The summed E-state index contributed by atoms with van der Waals surface area (Å²) in [7, 11) is -3.31. The lowest BCUT2D eigenvalue weighted by molar-refractivity contribution is 0.301. The largest absolute Gasteiger partial charge is 0.367 e. The summed E-state index contributed by atoms with van der Waals surface area (Å²) in [5.74, 6) is -0.114. The van der Waals surface area contributed by atoms with Crippen LogP contribution in [-0.2, 0) is 10.0 Å². The van der Waals surface area contributed by atoms with Crippen LogP contribution in [0, 0.1) is 11.7 Å². The summed E-state index contributed by atoms with van der Waals surface area (Å²) in [5.41, 5.74) is 1.30. The highest BCUT2D eigenvalue weighted by molar-refractivity contribution is 7.88. The predicted octanol–water partition coefficient (Wildman–Crippen LogP) is 3.33. The minimum Gasteiger partial charge on any atom is -0.367 e. The summed E-state index contributed by atoms with van der Waals surface area (Å²) in [5, 5.41) is 4.27. The van der Waals surface area contributed by atoms with Gasteiger partial charge in [-0.1, -0.05) is 24.4 Å². The van der Waals surface area contributed by atoms with E-state index < -0.39 is 15.8 Å². The van der Waals surface area contributed by atoms with E-state index in [9.17, 15) is 12.8 Å². The fourth-order valence-electron chi connectivity index (χ4n) is 3.89. The maximum atomic E-state index is 14.4. The number of fused-ring (bicyclic) bond motifs is 1. The molecule has 4 rings (SSSR count). The van der Waals surface area contributed by atoms with Crippen LogP contribution in [0.3, 0.4) is 0 Å². The van der Waals surface area contributed by atoms with Gasteiger partial charge in [-0.25, -0.2) is 32.5 Å². The van der Waals surface area contributed by atoms with Gasteiger partial charge in [0.15, 0.2) is 17.5 Å². The summed E-state index contributed by atoms with van der Waals surface area (Å²) in [4.78, 5) is 15.7. The van der Waals surface area contributed by atoms with Gasteiger partial charge in [0.1, 0.15) is 5.65 Å². The third-order valence-corrected chi connectivity index (χ3v) is 6.23. The third-order valence-electron chi connectivity index (χ3n) is 5.29. The zero-order valence-electron chi connectivity index (χ0n) is 16.3. The first-order chi connectivity index (χ1) is 14.3. The van der Waals surface area contributed by atoms with Gasteiger partial charge in [-0.3, -0.25) is 0 Å². The summed E-state index contributed by atoms with van der Waals surface area (Å²) in [6, 6.07) is 1.58. The monoisotopic (exact) mass is 452 g/mol. The number of pyridine rings is 1. The van der Waals surface area contributed by atoms with Crippen LogP contribution in [0.1, 0.15) is 25.7 Å². The first-order valence-corrected chi connectivity index (χ1v) is 11.9. The van der Waals surface area contributed by atoms with E-state index in [0.717, 1.165) is 43.5 Å². The van der Waals surface area contributed by atoms with E-state index in [2.05, 4.69) is 30.0 Å². The summed E-state index contributed by atoms with van der Waals surface area (Å²) < 4.78 is 40.4. The average Bonchev–Trinajstić information content (AvgIpc) is 3.10. The first-order valence-electron chi connectivity index (χ1n) is 9.67. The Morgan fingerprint density at radius 3 is 2.87 bits per heavy atom. The molecule has 30 heavy (non-hydrogen) atoms. The Hall–Kier alpha value is -2.30. The van der Waals surface area contributed by atoms with E-state index in [-0.39, 0.29) is 17.8 Å². The first kappa shape index (κ1) is 21.0. The van der Waals surface area contributed by atoms with Crippen molar-refractivity contribution in [2.75, 3.05) is 18.1 Å². The Morgan fingerprint density at radius 1 is 1.27 bits per heavy atom. The second kappa shape index (κ2) is 8.44. The Labute approximate surface area is 178 Å². The van der Waals surface area contributed by atoms with Gasteiger partial charge in [-0.2, -0.15) is 0 Å². The van der Waals surface area contributed by atoms with Gasteiger partial charge in [0.05, 0.1) is 17.5 Å². The maximum absolute atomic E-state index is 14.4. The lowest BCUT2D eigenvalue weighted by atomic mass is 9.85. The zero-order chi connectivity index (χ0) is 21.3. The topological polar surface area (TPSA) is 113 Å². The van der Waals surface area contributed by atoms with Crippen molar-refractivity contribution in [3.63, 3.8) is 0 Å². The van der Waals surface area contributed by atoms with Crippen molar-refractivity contribution in [1.82, 2.24) is 24.7 Å². The molecule has 2 unspecified atom stereocenters. The molecule has 0 spiro atoms. The van der Waals surface area contributed by atoms with Crippen LogP contribution in [0.2, 0.25) is 5.02 Å². The number of H-pyrrole nitrogens is 1. The molecule has 1 fully saturated rings. The Kier molecular flexibility index (Phi) is 5.90.